The zero-order valence-corrected chi connectivity index (χ0v) is 12.3. The van der Waals surface area contributed by atoms with Crippen LogP contribution in [-0.2, 0) is 13.1 Å². The van der Waals surface area contributed by atoms with Gasteiger partial charge in [0.15, 0.2) is 11.5 Å². The van der Waals surface area contributed by atoms with Crippen LogP contribution in [0.4, 0.5) is 0 Å². The smallest absolute Gasteiger partial charge is 0.161 e. The lowest BCUT2D eigenvalue weighted by Crippen LogP contribution is -2.12. The van der Waals surface area contributed by atoms with Crippen LogP contribution in [0.25, 0.3) is 0 Å². The molecule has 1 aromatic carbocycles. The number of methoxy groups -OCH3 is 2. The van der Waals surface area contributed by atoms with Crippen molar-refractivity contribution in [2.24, 2.45) is 0 Å². The number of nitrogens with one attached hydrogen (secondary N) is 1. The van der Waals surface area contributed by atoms with Gasteiger partial charge in [-0.3, -0.25) is 0 Å². The zero-order valence-electron chi connectivity index (χ0n) is 11.5. The molecular weight excluding hydrogens is 258 g/mol. The summed E-state index contributed by atoms with van der Waals surface area (Å²) in [7, 11) is 3.30. The van der Waals surface area contributed by atoms with E-state index < -0.39 is 0 Å². The molecule has 0 aliphatic carbocycles. The molecule has 0 saturated carbocycles. The molecule has 2 rings (SSSR count). The van der Waals surface area contributed by atoms with Gasteiger partial charge in [-0.05, 0) is 46.5 Å². The van der Waals surface area contributed by atoms with Gasteiger partial charge >= 0.3 is 0 Å². The van der Waals surface area contributed by atoms with Crippen LogP contribution in [0.2, 0.25) is 0 Å². The fourth-order valence-corrected chi connectivity index (χ4v) is 2.76. The molecular formula is C15H19NO2S. The van der Waals surface area contributed by atoms with Crippen molar-refractivity contribution in [2.75, 3.05) is 14.2 Å². The van der Waals surface area contributed by atoms with E-state index in [0.717, 1.165) is 24.6 Å². The molecule has 0 unspecified atom stereocenters. The summed E-state index contributed by atoms with van der Waals surface area (Å²) in [6.45, 7) is 3.85. The highest BCUT2D eigenvalue weighted by Crippen LogP contribution is 2.27. The predicted molar refractivity (Wildman–Crippen MR) is 79.1 cm³/mol. The lowest BCUT2D eigenvalue weighted by Gasteiger charge is -2.10. The van der Waals surface area contributed by atoms with E-state index in [-0.39, 0.29) is 0 Å². The second-order valence-corrected chi connectivity index (χ2v) is 5.12. The Bertz CT molecular complexity index is 537. The van der Waals surface area contributed by atoms with Crippen LogP contribution in [0.5, 0.6) is 11.5 Å². The van der Waals surface area contributed by atoms with Crippen molar-refractivity contribution in [3.05, 3.63) is 45.6 Å². The van der Waals surface area contributed by atoms with Crippen molar-refractivity contribution < 1.29 is 9.47 Å². The average molecular weight is 277 g/mol. The minimum atomic E-state index is 0.764. The third-order valence-electron chi connectivity index (χ3n) is 3.05. The van der Waals surface area contributed by atoms with Gasteiger partial charge in [-0.25, -0.2) is 0 Å². The van der Waals surface area contributed by atoms with Crippen molar-refractivity contribution in [3.63, 3.8) is 0 Å². The van der Waals surface area contributed by atoms with Crippen LogP contribution in [0.15, 0.2) is 29.0 Å². The Morgan fingerprint density at radius 3 is 2.47 bits per heavy atom. The number of aryl methyl sites for hydroxylation is 1. The average Bonchev–Trinajstić information content (AvgIpc) is 2.84. The Kier molecular flexibility index (Phi) is 4.82. The number of hydrogen-bond acceptors (Lipinski definition) is 4. The second kappa shape index (κ2) is 6.59. The Morgan fingerprint density at radius 1 is 1.05 bits per heavy atom. The molecule has 2 aromatic rings. The number of thiophene rings is 1. The summed E-state index contributed by atoms with van der Waals surface area (Å²) in [4.78, 5) is 0. The summed E-state index contributed by atoms with van der Waals surface area (Å²) in [6.07, 6.45) is 0. The van der Waals surface area contributed by atoms with E-state index in [4.69, 9.17) is 9.47 Å². The molecule has 102 valence electrons. The van der Waals surface area contributed by atoms with Gasteiger partial charge < -0.3 is 14.8 Å². The van der Waals surface area contributed by atoms with Crippen molar-refractivity contribution >= 4 is 11.3 Å². The van der Waals surface area contributed by atoms with E-state index in [2.05, 4.69) is 29.1 Å². The zero-order chi connectivity index (χ0) is 13.7. The SMILES string of the molecule is COc1ccc(CNCc2cscc2C)cc1OC. The fourth-order valence-electron chi connectivity index (χ4n) is 1.90. The van der Waals surface area contributed by atoms with E-state index >= 15 is 0 Å². The van der Waals surface area contributed by atoms with Crippen LogP contribution >= 0.6 is 11.3 Å². The normalized spacial score (nSPS) is 10.5. The topological polar surface area (TPSA) is 30.5 Å². The summed E-state index contributed by atoms with van der Waals surface area (Å²) in [6, 6.07) is 5.99. The number of rotatable bonds is 6. The molecule has 0 aliphatic heterocycles. The molecule has 0 fully saturated rings. The Balaban J connectivity index is 1.94. The van der Waals surface area contributed by atoms with Gasteiger partial charge in [-0.2, -0.15) is 11.3 Å². The lowest BCUT2D eigenvalue weighted by atomic mass is 10.2. The van der Waals surface area contributed by atoms with Crippen molar-refractivity contribution in [3.8, 4) is 11.5 Å². The number of ether oxygens (including phenoxy) is 2. The highest BCUT2D eigenvalue weighted by molar-refractivity contribution is 7.08. The van der Waals surface area contributed by atoms with Gasteiger partial charge in [0.25, 0.3) is 0 Å². The highest BCUT2D eigenvalue weighted by atomic mass is 32.1. The van der Waals surface area contributed by atoms with Gasteiger partial charge in [0.1, 0.15) is 0 Å². The van der Waals surface area contributed by atoms with Crippen molar-refractivity contribution in [2.45, 2.75) is 20.0 Å². The molecule has 1 aromatic heterocycles. The summed E-state index contributed by atoms with van der Waals surface area (Å²) in [5.41, 5.74) is 3.90. The Labute approximate surface area is 118 Å². The largest absolute Gasteiger partial charge is 0.493 e. The van der Waals surface area contributed by atoms with Gasteiger partial charge in [0.05, 0.1) is 14.2 Å². The highest BCUT2D eigenvalue weighted by Gasteiger charge is 2.04. The molecule has 0 amide bonds. The van der Waals surface area contributed by atoms with E-state index in [9.17, 15) is 0 Å². The van der Waals surface area contributed by atoms with Gasteiger partial charge in [0, 0.05) is 13.1 Å². The van der Waals surface area contributed by atoms with Gasteiger partial charge in [0.2, 0.25) is 0 Å². The minimum absolute atomic E-state index is 0.764. The predicted octanol–water partition coefficient (Wildman–Crippen LogP) is 3.36. The maximum Gasteiger partial charge on any atom is 0.161 e. The van der Waals surface area contributed by atoms with Crippen LogP contribution in [-0.4, -0.2) is 14.2 Å². The molecule has 4 heteroatoms. The summed E-state index contributed by atoms with van der Waals surface area (Å²) < 4.78 is 10.5. The third-order valence-corrected chi connectivity index (χ3v) is 3.96. The molecule has 0 radical (unpaired) electrons. The standard InChI is InChI=1S/C15H19NO2S/c1-11-9-19-10-13(11)8-16-7-12-4-5-14(17-2)15(6-12)18-3/h4-6,9-10,16H,7-8H2,1-3H3. The van der Waals surface area contributed by atoms with E-state index in [0.29, 0.717) is 0 Å². The molecule has 1 N–H and O–H groups in total. The monoisotopic (exact) mass is 277 g/mol. The first-order chi connectivity index (χ1) is 9.24. The first-order valence-corrected chi connectivity index (χ1v) is 7.12. The van der Waals surface area contributed by atoms with Crippen molar-refractivity contribution in [1.82, 2.24) is 5.32 Å². The number of benzene rings is 1. The van der Waals surface area contributed by atoms with Gasteiger partial charge in [-0.1, -0.05) is 6.07 Å². The molecule has 0 spiro atoms. The maximum absolute atomic E-state index is 5.30. The molecule has 0 atom stereocenters. The molecule has 3 nitrogen and oxygen atoms in total. The fraction of sp³-hybridized carbons (Fsp3) is 0.333. The molecule has 0 aliphatic rings. The molecule has 1 heterocycles. The summed E-state index contributed by atoms with van der Waals surface area (Å²) in [5, 5.41) is 7.81. The molecule has 19 heavy (non-hydrogen) atoms. The third kappa shape index (κ3) is 3.49. The Hall–Kier alpha value is -1.52. The van der Waals surface area contributed by atoms with Crippen LogP contribution < -0.4 is 14.8 Å². The first-order valence-electron chi connectivity index (χ1n) is 6.18. The number of hydrogen-bond donors (Lipinski definition) is 1. The van der Waals surface area contributed by atoms with Crippen molar-refractivity contribution in [1.29, 1.82) is 0 Å². The first kappa shape index (κ1) is 13.9. The lowest BCUT2D eigenvalue weighted by molar-refractivity contribution is 0.354. The summed E-state index contributed by atoms with van der Waals surface area (Å²) >= 11 is 1.75. The Morgan fingerprint density at radius 2 is 1.84 bits per heavy atom. The minimum Gasteiger partial charge on any atom is -0.493 e. The quantitative estimate of drug-likeness (QED) is 0.878. The maximum atomic E-state index is 5.30. The van der Waals surface area contributed by atoms with Crippen LogP contribution in [0.3, 0.4) is 0 Å². The molecule has 0 saturated heterocycles. The van der Waals surface area contributed by atoms with Crippen LogP contribution in [0.1, 0.15) is 16.7 Å². The molecule has 0 bridgehead atoms. The van der Waals surface area contributed by atoms with E-state index in [1.54, 1.807) is 25.6 Å². The van der Waals surface area contributed by atoms with E-state index in [1.165, 1.54) is 16.7 Å². The van der Waals surface area contributed by atoms with Gasteiger partial charge in [-0.15, -0.1) is 0 Å². The summed E-state index contributed by atoms with van der Waals surface area (Å²) in [5.74, 6) is 1.54. The second-order valence-electron chi connectivity index (χ2n) is 4.37. The van der Waals surface area contributed by atoms with E-state index in [1.807, 2.05) is 12.1 Å². The van der Waals surface area contributed by atoms with Crippen LogP contribution in [0, 0.1) is 6.92 Å².